The number of methoxy groups -OCH3 is 1. The number of carbonyl (C=O) groups is 5. The van der Waals surface area contributed by atoms with Gasteiger partial charge < -0.3 is 29.2 Å². The molecule has 0 aliphatic carbocycles. The number of carbonyl (C=O) groups excluding carboxylic acids is 5. The van der Waals surface area contributed by atoms with Gasteiger partial charge >= 0.3 is 5.97 Å². The van der Waals surface area contributed by atoms with Gasteiger partial charge in [-0.1, -0.05) is 34.3 Å². The number of likely N-dealkylation sites (tertiary alicyclic amines) is 1. The van der Waals surface area contributed by atoms with Gasteiger partial charge in [0.15, 0.2) is 0 Å². The number of aryl methyl sites for hydroxylation is 1. The van der Waals surface area contributed by atoms with Crippen molar-refractivity contribution < 1.29 is 33.4 Å². The second-order valence-electron chi connectivity index (χ2n) is 18.3. The average molecular weight is 896 g/mol. The largest absolute Gasteiger partial charge is 0.464 e. The lowest BCUT2D eigenvalue weighted by Crippen LogP contribution is -2.62. The number of likely N-dealkylation sites (N-methyl/N-ethyl adjacent to an activating group) is 1. The van der Waals surface area contributed by atoms with E-state index in [0.717, 1.165) is 39.0 Å². The van der Waals surface area contributed by atoms with Crippen molar-refractivity contribution in [3.63, 3.8) is 0 Å². The van der Waals surface area contributed by atoms with Crippen LogP contribution in [-0.2, 0) is 52.8 Å². The van der Waals surface area contributed by atoms with Crippen molar-refractivity contribution in [2.45, 2.75) is 104 Å². The first-order chi connectivity index (χ1) is 30.5. The molecule has 6 heterocycles. The van der Waals surface area contributed by atoms with E-state index in [1.807, 2.05) is 32.9 Å². The summed E-state index contributed by atoms with van der Waals surface area (Å²) in [6, 6.07) is 7.40. The van der Waals surface area contributed by atoms with E-state index in [4.69, 9.17) is 23.8 Å². The Morgan fingerprint density at radius 1 is 1.16 bits per heavy atom. The number of hydrogen-bond donors (Lipinski definition) is 2. The Kier molecular flexibility index (Phi) is 14.0. The molecule has 1 aromatic carbocycles. The Balaban J connectivity index is 1.27. The predicted octanol–water partition coefficient (Wildman–Crippen LogP) is 5.12. The molecular weight excluding hydrogens is 835 g/mol. The molecule has 3 aromatic heterocycles. The minimum absolute atomic E-state index is 0.0440. The third-order valence-corrected chi connectivity index (χ3v) is 13.5. The molecule has 0 radical (unpaired) electrons. The van der Waals surface area contributed by atoms with Crippen LogP contribution in [0.5, 0.6) is 0 Å². The Morgan fingerprint density at radius 2 is 1.94 bits per heavy atom. The van der Waals surface area contributed by atoms with Gasteiger partial charge in [-0.25, -0.2) is 10.4 Å². The Bertz CT molecular complexity index is 2430. The maximum absolute atomic E-state index is 14.6. The molecule has 1 unspecified atom stereocenters. The van der Waals surface area contributed by atoms with Crippen molar-refractivity contribution in [1.29, 1.82) is 0 Å². The molecule has 2 N–H and O–H groups in total. The highest BCUT2D eigenvalue weighted by Gasteiger charge is 2.40. The van der Waals surface area contributed by atoms with E-state index in [-0.39, 0.29) is 43.4 Å². The van der Waals surface area contributed by atoms with Gasteiger partial charge in [0.05, 0.1) is 30.0 Å². The van der Waals surface area contributed by atoms with Gasteiger partial charge in [-0.15, -0.1) is 0 Å². The number of hydrazine groups is 1. The highest BCUT2D eigenvalue weighted by molar-refractivity contribution is 7.09. The lowest BCUT2D eigenvalue weighted by Gasteiger charge is -2.36. The topological polar surface area (TPSA) is 181 Å². The SMILES string of the molecule is C=CC(=O)N1CC[C@H](C(=O)N(C)[C@H](C(=O)NC2Cc3nsc(n3)-c3ccc4c(c3)c(c(-c3cccnc3[C@H](C)OC)n4CC)CC(C)(C)COC(=O)[C@@H]3CCCN(N3)C2=O)C(C)C)C1. The van der Waals surface area contributed by atoms with Crippen LogP contribution in [0.3, 0.4) is 0 Å². The molecule has 3 aliphatic rings. The monoisotopic (exact) mass is 895 g/mol. The molecular formula is C47H61N9O7S. The number of cyclic esters (lactones) is 1. The maximum atomic E-state index is 14.6. The fraction of sp³-hybridized carbons (Fsp3) is 0.532. The molecule has 5 atom stereocenters. The number of esters is 1. The molecule has 6 bridgehead atoms. The minimum Gasteiger partial charge on any atom is -0.464 e. The molecule has 2 saturated heterocycles. The molecule has 4 amide bonds. The summed E-state index contributed by atoms with van der Waals surface area (Å²) in [7, 11) is 3.26. The van der Waals surface area contributed by atoms with Gasteiger partial charge in [0, 0.05) is 80.4 Å². The van der Waals surface area contributed by atoms with Crippen molar-refractivity contribution in [3.8, 4) is 21.8 Å². The Labute approximate surface area is 378 Å². The van der Waals surface area contributed by atoms with Gasteiger partial charge in [0.1, 0.15) is 29.0 Å². The van der Waals surface area contributed by atoms with Crippen LogP contribution in [0, 0.1) is 17.3 Å². The van der Waals surface area contributed by atoms with E-state index in [9.17, 15) is 24.0 Å². The van der Waals surface area contributed by atoms with Crippen LogP contribution in [0.25, 0.3) is 32.7 Å². The van der Waals surface area contributed by atoms with E-state index in [1.165, 1.54) is 27.5 Å². The van der Waals surface area contributed by atoms with Crippen molar-refractivity contribution in [2.24, 2.45) is 17.3 Å². The summed E-state index contributed by atoms with van der Waals surface area (Å²) in [6.07, 6.45) is 4.71. The molecule has 0 saturated carbocycles. The molecule has 17 heteroatoms. The fourth-order valence-corrected chi connectivity index (χ4v) is 10.0. The first kappa shape index (κ1) is 46.5. The quantitative estimate of drug-likeness (QED) is 0.160. The second-order valence-corrected chi connectivity index (χ2v) is 19.0. The normalized spacial score (nSPS) is 21.3. The highest BCUT2D eigenvalue weighted by atomic mass is 32.1. The third kappa shape index (κ3) is 9.47. The zero-order chi connectivity index (χ0) is 46.0. The standard InChI is InChI=1S/C47H61N9O7S/c1-10-38(57)54-21-18-30(25-54)44(59)53(8)40(27(3)4)42(58)49-35-23-37-50-43(64-52-37)29-16-17-36-32(22-29)33(41(55(36)11-2)31-14-12-19-48-39(31)28(5)62-9)24-47(6,7)26-63-46(61)34-15-13-20-56(51-34)45(35)60/h10,12,14,16-17,19,22,27-28,30,34-35,40,51H,1,11,13,15,18,20-21,23-26H2,2-9H3,(H,49,58)/t28-,30-,34-,35?,40-/m0/s1. The molecule has 342 valence electrons. The molecule has 64 heavy (non-hydrogen) atoms. The van der Waals surface area contributed by atoms with Gasteiger partial charge in [0.2, 0.25) is 17.7 Å². The summed E-state index contributed by atoms with van der Waals surface area (Å²) >= 11 is 1.21. The zero-order valence-corrected chi connectivity index (χ0v) is 39.0. The molecule has 16 nitrogen and oxygen atoms in total. The van der Waals surface area contributed by atoms with Gasteiger partial charge in [0.25, 0.3) is 5.91 Å². The molecule has 0 spiro atoms. The van der Waals surface area contributed by atoms with E-state index in [2.05, 4.69) is 60.9 Å². The number of hydrogen-bond acceptors (Lipinski definition) is 12. The summed E-state index contributed by atoms with van der Waals surface area (Å²) in [5.41, 5.74) is 8.35. The molecule has 2 fully saturated rings. The van der Waals surface area contributed by atoms with Crippen LogP contribution in [0.15, 0.2) is 49.2 Å². The van der Waals surface area contributed by atoms with Crippen molar-refractivity contribution in [2.75, 3.05) is 40.4 Å². The second kappa shape index (κ2) is 19.3. The average Bonchev–Trinajstić information content (AvgIpc) is 4.05. The summed E-state index contributed by atoms with van der Waals surface area (Å²) in [5, 5.41) is 6.03. The number of rotatable bonds is 10. The summed E-state index contributed by atoms with van der Waals surface area (Å²) in [4.78, 5) is 81.7. The molecule has 3 aliphatic heterocycles. The number of nitrogens with one attached hydrogen (secondary N) is 2. The number of benzene rings is 1. The number of aromatic nitrogens is 4. The number of amides is 4. The number of pyridine rings is 1. The van der Waals surface area contributed by atoms with Crippen LogP contribution in [0.4, 0.5) is 0 Å². The van der Waals surface area contributed by atoms with Crippen LogP contribution in [0.1, 0.15) is 84.0 Å². The Hall–Kier alpha value is -5.52. The summed E-state index contributed by atoms with van der Waals surface area (Å²) in [5.74, 6) is -2.40. The zero-order valence-electron chi connectivity index (χ0n) is 38.2. The first-order valence-electron chi connectivity index (χ1n) is 22.2. The van der Waals surface area contributed by atoms with Gasteiger partial charge in [-0.3, -0.25) is 34.0 Å². The minimum atomic E-state index is -1.15. The lowest BCUT2D eigenvalue weighted by atomic mass is 9.84. The number of nitrogens with zero attached hydrogens (tertiary/aromatic N) is 7. The highest BCUT2D eigenvalue weighted by Crippen LogP contribution is 2.42. The van der Waals surface area contributed by atoms with Crippen molar-refractivity contribution in [3.05, 3.63) is 66.3 Å². The van der Waals surface area contributed by atoms with Crippen molar-refractivity contribution in [1.82, 2.24) is 44.5 Å². The van der Waals surface area contributed by atoms with E-state index in [0.29, 0.717) is 56.1 Å². The third-order valence-electron chi connectivity index (χ3n) is 12.7. The van der Waals surface area contributed by atoms with E-state index >= 15 is 0 Å². The Morgan fingerprint density at radius 3 is 2.66 bits per heavy atom. The number of fused-ring (bicyclic) bond motifs is 6. The predicted molar refractivity (Wildman–Crippen MR) is 243 cm³/mol. The van der Waals surface area contributed by atoms with E-state index < -0.39 is 47.2 Å². The summed E-state index contributed by atoms with van der Waals surface area (Å²) < 4.78 is 18.9. The fourth-order valence-electron chi connectivity index (χ4n) is 9.36. The van der Waals surface area contributed by atoms with Gasteiger partial charge in [-0.2, -0.15) is 4.37 Å². The maximum Gasteiger partial charge on any atom is 0.324 e. The molecule has 4 aromatic rings. The molecule has 7 rings (SSSR count). The van der Waals surface area contributed by atoms with Crippen molar-refractivity contribution >= 4 is 52.0 Å². The van der Waals surface area contributed by atoms with Crippen LogP contribution in [-0.4, -0.2) is 122 Å². The first-order valence-corrected chi connectivity index (χ1v) is 23.0. The summed E-state index contributed by atoms with van der Waals surface area (Å²) in [6.45, 7) is 17.3. The van der Waals surface area contributed by atoms with Crippen LogP contribution >= 0.6 is 11.5 Å². The number of ether oxygens (including phenoxy) is 2. The van der Waals surface area contributed by atoms with E-state index in [1.54, 1.807) is 25.3 Å². The smallest absolute Gasteiger partial charge is 0.324 e. The lowest BCUT2D eigenvalue weighted by molar-refractivity contribution is -0.155. The van der Waals surface area contributed by atoms with Gasteiger partial charge in [-0.05, 0) is 99.0 Å². The van der Waals surface area contributed by atoms with Crippen LogP contribution < -0.4 is 10.7 Å². The van der Waals surface area contributed by atoms with Crippen LogP contribution in [0.2, 0.25) is 0 Å².